The van der Waals surface area contributed by atoms with Crippen molar-refractivity contribution in [3.8, 4) is 0 Å². The van der Waals surface area contributed by atoms with Gasteiger partial charge in [-0.25, -0.2) is 0 Å². The van der Waals surface area contributed by atoms with Gasteiger partial charge >= 0.3 is 0 Å². The quantitative estimate of drug-likeness (QED) is 0.795. The van der Waals surface area contributed by atoms with Gasteiger partial charge in [0.15, 0.2) is 0 Å². The highest BCUT2D eigenvalue weighted by Gasteiger charge is 2.31. The van der Waals surface area contributed by atoms with Gasteiger partial charge in [-0.15, -0.1) is 0 Å². The van der Waals surface area contributed by atoms with Crippen molar-refractivity contribution in [3.05, 3.63) is 0 Å². The lowest BCUT2D eigenvalue weighted by atomic mass is 9.75. The van der Waals surface area contributed by atoms with Crippen molar-refractivity contribution in [1.82, 2.24) is 4.90 Å². The molecular formula is C14H28N2. The van der Waals surface area contributed by atoms with Gasteiger partial charge in [-0.1, -0.05) is 32.6 Å². The summed E-state index contributed by atoms with van der Waals surface area (Å²) in [4.78, 5) is 2.63. The smallest absolute Gasteiger partial charge is 0.0167 e. The summed E-state index contributed by atoms with van der Waals surface area (Å²) in [5.74, 6) is 2.05. The topological polar surface area (TPSA) is 29.3 Å². The van der Waals surface area contributed by atoms with Crippen LogP contribution in [-0.2, 0) is 0 Å². The van der Waals surface area contributed by atoms with E-state index in [9.17, 15) is 0 Å². The van der Waals surface area contributed by atoms with Gasteiger partial charge in [-0.05, 0) is 37.6 Å². The van der Waals surface area contributed by atoms with E-state index in [4.69, 9.17) is 5.73 Å². The number of rotatable bonds is 4. The summed E-state index contributed by atoms with van der Waals surface area (Å²) in [6.07, 6.45) is 9.77. The lowest BCUT2D eigenvalue weighted by molar-refractivity contribution is 0.0821. The maximum atomic E-state index is 6.14. The third-order valence-corrected chi connectivity index (χ3v) is 4.53. The van der Waals surface area contributed by atoms with Crippen LogP contribution >= 0.6 is 0 Å². The number of hydrogen-bond donors (Lipinski definition) is 1. The van der Waals surface area contributed by atoms with Crippen molar-refractivity contribution in [2.45, 2.75) is 57.9 Å². The zero-order chi connectivity index (χ0) is 11.4. The Morgan fingerprint density at radius 3 is 2.69 bits per heavy atom. The minimum Gasteiger partial charge on any atom is -0.327 e. The zero-order valence-corrected chi connectivity index (χ0v) is 10.8. The molecule has 1 saturated heterocycles. The summed E-state index contributed by atoms with van der Waals surface area (Å²) >= 11 is 0. The Bertz CT molecular complexity index is 205. The third-order valence-electron chi connectivity index (χ3n) is 4.53. The fourth-order valence-corrected chi connectivity index (χ4v) is 3.64. The first kappa shape index (κ1) is 12.4. The molecule has 2 aliphatic rings. The summed E-state index contributed by atoms with van der Waals surface area (Å²) in [6, 6.07) is 0.408. The Kier molecular flexibility index (Phi) is 4.66. The molecule has 0 bridgehead atoms. The number of piperidine rings is 1. The van der Waals surface area contributed by atoms with Crippen molar-refractivity contribution in [2.24, 2.45) is 17.6 Å². The van der Waals surface area contributed by atoms with Gasteiger partial charge in [0.05, 0.1) is 0 Å². The fraction of sp³-hybridized carbons (Fsp3) is 1.00. The van der Waals surface area contributed by atoms with E-state index in [1.165, 1.54) is 58.0 Å². The van der Waals surface area contributed by atoms with Crippen molar-refractivity contribution in [3.63, 3.8) is 0 Å². The van der Waals surface area contributed by atoms with Crippen LogP contribution in [0.25, 0.3) is 0 Å². The van der Waals surface area contributed by atoms with Crippen LogP contribution in [0.5, 0.6) is 0 Å². The van der Waals surface area contributed by atoms with Crippen LogP contribution in [0.2, 0.25) is 0 Å². The molecule has 0 aromatic heterocycles. The van der Waals surface area contributed by atoms with E-state index < -0.39 is 0 Å². The van der Waals surface area contributed by atoms with Crippen molar-refractivity contribution in [1.29, 1.82) is 0 Å². The number of nitrogens with two attached hydrogens (primary N) is 1. The molecule has 3 atom stereocenters. The van der Waals surface area contributed by atoms with Crippen LogP contribution < -0.4 is 5.73 Å². The molecule has 0 unspecified atom stereocenters. The fourth-order valence-electron chi connectivity index (χ4n) is 3.64. The van der Waals surface area contributed by atoms with E-state index in [1.807, 2.05) is 0 Å². The normalized spacial score (nSPS) is 33.4. The van der Waals surface area contributed by atoms with Crippen LogP contribution in [0.3, 0.4) is 0 Å². The summed E-state index contributed by atoms with van der Waals surface area (Å²) in [6.45, 7) is 6.00. The highest BCUT2D eigenvalue weighted by molar-refractivity contribution is 4.84. The summed E-state index contributed by atoms with van der Waals surface area (Å²) < 4.78 is 0. The maximum Gasteiger partial charge on any atom is 0.0167 e. The first-order valence-electron chi connectivity index (χ1n) is 7.27. The number of nitrogens with zero attached hydrogens (tertiary/aromatic N) is 1. The summed E-state index contributed by atoms with van der Waals surface area (Å²) in [5, 5.41) is 0. The average Bonchev–Trinajstić information content (AvgIpc) is 2.29. The van der Waals surface area contributed by atoms with Gasteiger partial charge in [0.2, 0.25) is 0 Å². The van der Waals surface area contributed by atoms with Gasteiger partial charge in [-0.3, -0.25) is 0 Å². The second-order valence-corrected chi connectivity index (χ2v) is 5.90. The Hall–Kier alpha value is -0.0800. The lowest BCUT2D eigenvalue weighted by Crippen LogP contribution is -2.46. The van der Waals surface area contributed by atoms with Crippen LogP contribution in [0, 0.1) is 11.8 Å². The monoisotopic (exact) mass is 224 g/mol. The molecule has 1 aliphatic carbocycles. The molecule has 0 aromatic rings. The van der Waals surface area contributed by atoms with Crippen molar-refractivity contribution in [2.75, 3.05) is 19.6 Å². The highest BCUT2D eigenvalue weighted by Crippen LogP contribution is 2.35. The van der Waals surface area contributed by atoms with Crippen LogP contribution in [-0.4, -0.2) is 30.6 Å². The highest BCUT2D eigenvalue weighted by atomic mass is 15.1. The van der Waals surface area contributed by atoms with Gasteiger partial charge in [0.25, 0.3) is 0 Å². The first-order chi connectivity index (χ1) is 7.79. The average molecular weight is 224 g/mol. The minimum absolute atomic E-state index is 0.408. The molecule has 1 aliphatic heterocycles. The van der Waals surface area contributed by atoms with Crippen LogP contribution in [0.4, 0.5) is 0 Å². The minimum atomic E-state index is 0.408. The SMILES string of the molecule is CCC[C@@H](N)CN1CC[C@@H]2CCCC[C@@H]2C1. The number of fused-ring (bicyclic) bond motifs is 1. The molecule has 1 heterocycles. The molecule has 94 valence electrons. The van der Waals surface area contributed by atoms with Gasteiger partial charge < -0.3 is 10.6 Å². The number of likely N-dealkylation sites (tertiary alicyclic amines) is 1. The number of hydrogen-bond acceptors (Lipinski definition) is 2. The zero-order valence-electron chi connectivity index (χ0n) is 10.8. The molecular weight excluding hydrogens is 196 g/mol. The first-order valence-corrected chi connectivity index (χ1v) is 7.27. The molecule has 2 heteroatoms. The molecule has 0 radical (unpaired) electrons. The van der Waals surface area contributed by atoms with E-state index in [2.05, 4.69) is 11.8 Å². The Morgan fingerprint density at radius 2 is 1.94 bits per heavy atom. The van der Waals surface area contributed by atoms with Crippen molar-refractivity contribution < 1.29 is 0 Å². The standard InChI is InChI=1S/C14H28N2/c1-2-5-14(15)11-16-9-8-12-6-3-4-7-13(12)10-16/h12-14H,2-11,15H2,1H3/t12-,13+,14+/m0/s1. The Balaban J connectivity index is 1.76. The van der Waals surface area contributed by atoms with Crippen LogP contribution in [0.1, 0.15) is 51.9 Å². The van der Waals surface area contributed by atoms with E-state index in [1.54, 1.807) is 0 Å². The third kappa shape index (κ3) is 3.21. The largest absolute Gasteiger partial charge is 0.327 e. The molecule has 0 amide bonds. The van der Waals surface area contributed by atoms with Gasteiger partial charge in [-0.2, -0.15) is 0 Å². The van der Waals surface area contributed by atoms with Crippen LogP contribution in [0.15, 0.2) is 0 Å². The van der Waals surface area contributed by atoms with E-state index >= 15 is 0 Å². The van der Waals surface area contributed by atoms with Crippen molar-refractivity contribution >= 4 is 0 Å². The van der Waals surface area contributed by atoms with E-state index in [0.717, 1.165) is 18.4 Å². The van der Waals surface area contributed by atoms with Gasteiger partial charge in [0, 0.05) is 19.1 Å². The Morgan fingerprint density at radius 1 is 1.19 bits per heavy atom. The van der Waals surface area contributed by atoms with Gasteiger partial charge in [0.1, 0.15) is 0 Å². The molecule has 2 nitrogen and oxygen atoms in total. The molecule has 0 spiro atoms. The molecule has 1 saturated carbocycles. The van der Waals surface area contributed by atoms with E-state index in [-0.39, 0.29) is 0 Å². The second-order valence-electron chi connectivity index (χ2n) is 5.90. The lowest BCUT2D eigenvalue weighted by Gasteiger charge is -2.42. The molecule has 16 heavy (non-hydrogen) atoms. The summed E-state index contributed by atoms with van der Waals surface area (Å²) in [7, 11) is 0. The molecule has 2 rings (SSSR count). The molecule has 2 fully saturated rings. The predicted molar refractivity (Wildman–Crippen MR) is 69.4 cm³/mol. The molecule has 0 aromatic carbocycles. The maximum absolute atomic E-state index is 6.14. The van der Waals surface area contributed by atoms with E-state index in [0.29, 0.717) is 6.04 Å². The predicted octanol–water partition coefficient (Wildman–Crippen LogP) is 2.63. The second kappa shape index (κ2) is 6.02. The Labute approximate surface area is 101 Å². The summed E-state index contributed by atoms with van der Waals surface area (Å²) in [5.41, 5.74) is 6.14. The molecule has 2 N–H and O–H groups in total.